The number of nitrogens with zero attached hydrogens (tertiary/aromatic N) is 2. The van der Waals surface area contributed by atoms with E-state index in [2.05, 4.69) is 15.2 Å². The second-order valence-corrected chi connectivity index (χ2v) is 10.7. The van der Waals surface area contributed by atoms with Crippen molar-refractivity contribution in [1.29, 1.82) is 0 Å². The Bertz CT molecular complexity index is 1470. The van der Waals surface area contributed by atoms with Crippen LogP contribution in [0.3, 0.4) is 0 Å². The van der Waals surface area contributed by atoms with E-state index in [1.54, 1.807) is 18.2 Å². The van der Waals surface area contributed by atoms with E-state index in [1.165, 1.54) is 18.3 Å². The van der Waals surface area contributed by atoms with E-state index in [4.69, 9.17) is 11.6 Å². The molecule has 0 aliphatic rings. The average molecular weight is 500 g/mol. The lowest BCUT2D eigenvalue weighted by Gasteiger charge is -2.16. The zero-order valence-corrected chi connectivity index (χ0v) is 20.4. The summed E-state index contributed by atoms with van der Waals surface area (Å²) in [5.74, 6) is -1.46. The lowest BCUT2D eigenvalue weighted by molar-refractivity contribution is 0.402. The van der Waals surface area contributed by atoms with E-state index in [1.807, 2.05) is 38.4 Å². The van der Waals surface area contributed by atoms with Crippen LogP contribution in [0.2, 0.25) is 5.02 Å². The summed E-state index contributed by atoms with van der Waals surface area (Å²) < 4.78 is 39.2. The first-order valence-corrected chi connectivity index (χ1v) is 12.6. The highest BCUT2D eigenvalue weighted by Gasteiger charge is 2.19. The van der Waals surface area contributed by atoms with E-state index < -0.39 is 21.4 Å². The van der Waals surface area contributed by atoms with Gasteiger partial charge in [-0.15, -0.1) is 0 Å². The molecule has 0 saturated heterocycles. The molecule has 176 valence electrons. The Morgan fingerprint density at radius 2 is 1.76 bits per heavy atom. The largest absolute Gasteiger partial charge is 0.504 e. The highest BCUT2D eigenvalue weighted by Crippen LogP contribution is 2.37. The number of nitrogens with one attached hydrogen (secondary N) is 1. The summed E-state index contributed by atoms with van der Waals surface area (Å²) in [6.45, 7) is 0.780. The summed E-state index contributed by atoms with van der Waals surface area (Å²) >= 11 is 5.96. The van der Waals surface area contributed by atoms with E-state index in [0.29, 0.717) is 33.4 Å². The lowest BCUT2D eigenvalue weighted by atomic mass is 10.0. The molecule has 0 amide bonds. The minimum absolute atomic E-state index is 0.0458. The molecule has 0 fully saturated rings. The van der Waals surface area contributed by atoms with E-state index in [0.717, 1.165) is 18.4 Å². The lowest BCUT2D eigenvalue weighted by Crippen LogP contribution is -2.10. The molecular weight excluding hydrogens is 477 g/mol. The van der Waals surface area contributed by atoms with Gasteiger partial charge in [-0.2, -0.15) is 0 Å². The molecule has 0 bridgehead atoms. The number of benzene rings is 3. The normalized spacial score (nSPS) is 11.8. The number of fused-ring (bicyclic) bond motifs is 1. The first-order chi connectivity index (χ1) is 16.0. The first kappa shape index (κ1) is 23.9. The monoisotopic (exact) mass is 499 g/mol. The van der Waals surface area contributed by atoms with Gasteiger partial charge in [0.15, 0.2) is 21.4 Å². The van der Waals surface area contributed by atoms with Crippen LogP contribution in [0.15, 0.2) is 65.7 Å². The Labute approximate surface area is 202 Å². The van der Waals surface area contributed by atoms with Gasteiger partial charge in [-0.25, -0.2) is 12.8 Å². The van der Waals surface area contributed by atoms with Crippen molar-refractivity contribution in [1.82, 2.24) is 9.88 Å². The van der Waals surface area contributed by atoms with Gasteiger partial charge in [-0.3, -0.25) is 4.98 Å². The quantitative estimate of drug-likeness (QED) is 0.359. The molecule has 3 aromatic carbocycles. The van der Waals surface area contributed by atoms with Crippen LogP contribution in [0.5, 0.6) is 5.75 Å². The second-order valence-electron chi connectivity index (χ2n) is 8.35. The second kappa shape index (κ2) is 9.21. The highest BCUT2D eigenvalue weighted by molar-refractivity contribution is 7.90. The summed E-state index contributed by atoms with van der Waals surface area (Å²) in [6.07, 6.45) is 2.46. The number of hydrogen-bond acceptors (Lipinski definition) is 6. The summed E-state index contributed by atoms with van der Waals surface area (Å²) in [7, 11) is 0.358. The average Bonchev–Trinajstić information content (AvgIpc) is 2.77. The number of halogens is 2. The number of anilines is 2. The van der Waals surface area contributed by atoms with Gasteiger partial charge in [0.05, 0.1) is 16.2 Å². The smallest absolute Gasteiger partial charge is 0.179 e. The number of rotatable bonds is 6. The molecule has 4 aromatic rings. The molecule has 6 nitrogen and oxygen atoms in total. The van der Waals surface area contributed by atoms with Gasteiger partial charge in [0, 0.05) is 30.1 Å². The number of phenols is 1. The summed E-state index contributed by atoms with van der Waals surface area (Å²) in [4.78, 5) is 6.42. The minimum atomic E-state index is -3.61. The maximum absolute atomic E-state index is 14.1. The van der Waals surface area contributed by atoms with E-state index in [-0.39, 0.29) is 9.92 Å². The van der Waals surface area contributed by atoms with Crippen molar-refractivity contribution < 1.29 is 17.9 Å². The number of hydrogen-bond donors (Lipinski definition) is 2. The van der Waals surface area contributed by atoms with Crippen molar-refractivity contribution in [2.45, 2.75) is 11.4 Å². The summed E-state index contributed by atoms with van der Waals surface area (Å²) in [5, 5.41) is 13.3. The number of phenolic OH excluding ortho intramolecular Hbond substituents is 1. The number of pyridine rings is 1. The maximum Gasteiger partial charge on any atom is 0.179 e. The van der Waals surface area contributed by atoms with Crippen LogP contribution in [0.4, 0.5) is 15.8 Å². The van der Waals surface area contributed by atoms with Gasteiger partial charge >= 0.3 is 0 Å². The molecule has 0 aliphatic carbocycles. The van der Waals surface area contributed by atoms with Crippen LogP contribution in [0.1, 0.15) is 5.56 Å². The van der Waals surface area contributed by atoms with Crippen LogP contribution in [-0.2, 0) is 16.4 Å². The minimum Gasteiger partial charge on any atom is -0.504 e. The third kappa shape index (κ3) is 4.99. The molecule has 0 spiro atoms. The molecule has 0 saturated carbocycles. The van der Waals surface area contributed by atoms with Crippen molar-refractivity contribution in [2.75, 3.05) is 25.7 Å². The van der Waals surface area contributed by atoms with Crippen molar-refractivity contribution in [2.24, 2.45) is 0 Å². The van der Waals surface area contributed by atoms with E-state index in [9.17, 15) is 17.9 Å². The first-order valence-electron chi connectivity index (χ1n) is 10.3. The molecule has 0 radical (unpaired) electrons. The molecule has 34 heavy (non-hydrogen) atoms. The van der Waals surface area contributed by atoms with Crippen molar-refractivity contribution in [3.63, 3.8) is 0 Å². The van der Waals surface area contributed by atoms with Crippen LogP contribution in [0.25, 0.3) is 22.0 Å². The standard InChI is InChI=1S/C25H23ClFN3O3S/c1-30(2)14-15-4-7-18(8-5-15)29-24-19-10-16(17-11-20(26)25(31)21(27)12-17)6-9-22(19)28-13-23(24)34(3,32)33/h4-13,31H,14H2,1-3H3,(H,28,29). The van der Waals surface area contributed by atoms with Gasteiger partial charge < -0.3 is 15.3 Å². The molecule has 0 atom stereocenters. The number of sulfone groups is 1. The van der Waals surface area contributed by atoms with Crippen molar-refractivity contribution >= 4 is 43.7 Å². The Balaban J connectivity index is 1.86. The molecule has 0 aliphatic heterocycles. The van der Waals surface area contributed by atoms with Crippen LogP contribution in [0, 0.1) is 5.82 Å². The molecular formula is C25H23ClFN3O3S. The Morgan fingerprint density at radius 3 is 2.38 bits per heavy atom. The summed E-state index contributed by atoms with van der Waals surface area (Å²) in [6, 6.07) is 15.5. The zero-order valence-electron chi connectivity index (χ0n) is 18.8. The Morgan fingerprint density at radius 1 is 1.06 bits per heavy atom. The molecule has 9 heteroatoms. The van der Waals surface area contributed by atoms with Gasteiger partial charge in [0.2, 0.25) is 0 Å². The zero-order chi connectivity index (χ0) is 24.6. The van der Waals surface area contributed by atoms with Gasteiger partial charge in [-0.1, -0.05) is 29.8 Å². The van der Waals surface area contributed by atoms with Crippen LogP contribution >= 0.6 is 11.6 Å². The number of aromatic hydroxyl groups is 1. The SMILES string of the molecule is CN(C)Cc1ccc(Nc2c(S(C)(=O)=O)cnc3ccc(-c4cc(F)c(O)c(Cl)c4)cc23)cc1. The number of aromatic nitrogens is 1. The van der Waals surface area contributed by atoms with E-state index >= 15 is 0 Å². The predicted molar refractivity (Wildman–Crippen MR) is 134 cm³/mol. The van der Waals surface area contributed by atoms with Crippen molar-refractivity contribution in [3.05, 3.63) is 77.2 Å². The van der Waals surface area contributed by atoms with Gasteiger partial charge in [-0.05, 0) is 67.2 Å². The Kier molecular flexibility index (Phi) is 6.49. The highest BCUT2D eigenvalue weighted by atomic mass is 35.5. The fraction of sp³-hybridized carbons (Fsp3) is 0.160. The predicted octanol–water partition coefficient (Wildman–Crippen LogP) is 5.61. The Hall–Kier alpha value is -3.20. The van der Waals surface area contributed by atoms with Crippen LogP contribution < -0.4 is 5.32 Å². The fourth-order valence-electron chi connectivity index (χ4n) is 3.70. The molecule has 4 rings (SSSR count). The van der Waals surface area contributed by atoms with Crippen LogP contribution in [-0.4, -0.2) is 43.8 Å². The molecule has 2 N–H and O–H groups in total. The van der Waals surface area contributed by atoms with Gasteiger partial charge in [0.25, 0.3) is 0 Å². The molecule has 1 aromatic heterocycles. The fourth-order valence-corrected chi connectivity index (χ4v) is 4.68. The van der Waals surface area contributed by atoms with Crippen molar-refractivity contribution in [3.8, 4) is 16.9 Å². The third-order valence-corrected chi connectivity index (χ3v) is 6.70. The molecule has 1 heterocycles. The molecule has 0 unspecified atom stereocenters. The maximum atomic E-state index is 14.1. The van der Waals surface area contributed by atoms with Gasteiger partial charge in [0.1, 0.15) is 4.90 Å². The topological polar surface area (TPSA) is 82.5 Å². The third-order valence-electron chi connectivity index (χ3n) is 5.30. The summed E-state index contributed by atoms with van der Waals surface area (Å²) in [5.41, 5.74) is 3.79.